The van der Waals surface area contributed by atoms with Crippen molar-refractivity contribution < 1.29 is 9.53 Å². The zero-order chi connectivity index (χ0) is 14.4. The van der Waals surface area contributed by atoms with Crippen molar-refractivity contribution in [3.05, 3.63) is 29.5 Å². The third-order valence-corrected chi connectivity index (χ3v) is 7.22. The topological polar surface area (TPSA) is 26.3 Å². The fourth-order valence-electron chi connectivity index (χ4n) is 1.49. The van der Waals surface area contributed by atoms with Gasteiger partial charge in [-0.2, -0.15) is 0 Å². The maximum Gasteiger partial charge on any atom is 0.339 e. The number of unbranched alkanes of at least 4 members (excludes halogenated alkanes) is 3. The molecule has 0 N–H and O–H groups in total. The van der Waals surface area contributed by atoms with Crippen LogP contribution >= 0.6 is 63.7 Å². The Morgan fingerprint density at radius 3 is 2.37 bits per heavy atom. The highest BCUT2D eigenvalue weighted by Gasteiger charge is 2.18. The van der Waals surface area contributed by atoms with Crippen molar-refractivity contribution in [2.24, 2.45) is 0 Å². The molecular formula is C13H14Br4O2. The second-order valence-electron chi connectivity index (χ2n) is 4.04. The zero-order valence-electron chi connectivity index (χ0n) is 10.4. The van der Waals surface area contributed by atoms with Crippen molar-refractivity contribution in [3.8, 4) is 0 Å². The van der Waals surface area contributed by atoms with E-state index in [1.165, 1.54) is 12.8 Å². The summed E-state index contributed by atoms with van der Waals surface area (Å²) >= 11 is 13.6. The molecule has 1 rings (SSSR count). The Morgan fingerprint density at radius 2 is 1.74 bits per heavy atom. The van der Waals surface area contributed by atoms with Gasteiger partial charge in [-0.25, -0.2) is 4.79 Å². The lowest BCUT2D eigenvalue weighted by molar-refractivity contribution is 0.0496. The lowest BCUT2D eigenvalue weighted by Crippen LogP contribution is -2.08. The molecule has 0 aliphatic carbocycles. The molecule has 0 atom stereocenters. The summed E-state index contributed by atoms with van der Waals surface area (Å²) in [6.45, 7) is 2.62. The van der Waals surface area contributed by atoms with Crippen LogP contribution in [0.4, 0.5) is 0 Å². The summed E-state index contributed by atoms with van der Waals surface area (Å²) in [4.78, 5) is 12.0. The molecular weight excluding hydrogens is 508 g/mol. The number of halogens is 4. The average Bonchev–Trinajstić information content (AvgIpc) is 2.40. The predicted molar refractivity (Wildman–Crippen MR) is 91.7 cm³/mol. The van der Waals surface area contributed by atoms with Crippen LogP contribution in [0.15, 0.2) is 24.0 Å². The summed E-state index contributed by atoms with van der Waals surface area (Å²) < 4.78 is 8.43. The van der Waals surface area contributed by atoms with Gasteiger partial charge >= 0.3 is 5.97 Å². The number of benzene rings is 1. The molecule has 0 fully saturated rings. The van der Waals surface area contributed by atoms with Gasteiger partial charge in [0.2, 0.25) is 0 Å². The number of carbonyl (C=O) groups excluding carboxylic acids is 1. The molecule has 1 aromatic rings. The van der Waals surface area contributed by atoms with Crippen LogP contribution in [0, 0.1) is 0 Å². The summed E-state index contributed by atoms with van der Waals surface area (Å²) in [5, 5.41) is 0. The monoisotopic (exact) mass is 518 g/mol. The first kappa shape index (κ1) is 17.7. The van der Waals surface area contributed by atoms with Gasteiger partial charge in [0, 0.05) is 17.9 Å². The molecule has 1 aromatic carbocycles. The lowest BCUT2D eigenvalue weighted by atomic mass is 10.2. The van der Waals surface area contributed by atoms with Crippen LogP contribution in [0.25, 0.3) is 0 Å². The van der Waals surface area contributed by atoms with E-state index in [9.17, 15) is 4.79 Å². The molecule has 0 radical (unpaired) electrons. The van der Waals surface area contributed by atoms with Gasteiger partial charge in [-0.15, -0.1) is 0 Å². The van der Waals surface area contributed by atoms with E-state index in [1.807, 2.05) is 0 Å². The second-order valence-corrected chi connectivity index (χ2v) is 7.28. The summed E-state index contributed by atoms with van der Waals surface area (Å²) in [5.41, 5.74) is 0.512. The Kier molecular flexibility index (Phi) is 8.18. The standard InChI is InChI=1S/C13H14Br4O2/c1-2-3-4-5-6-19-13(18)8-7-9(14)11(16)12(17)10(8)15/h7H,2-6H2,1H3. The minimum Gasteiger partial charge on any atom is -0.462 e. The van der Waals surface area contributed by atoms with E-state index in [0.29, 0.717) is 16.6 Å². The minimum absolute atomic E-state index is 0.308. The molecule has 0 spiro atoms. The largest absolute Gasteiger partial charge is 0.462 e. The molecule has 6 heteroatoms. The van der Waals surface area contributed by atoms with E-state index in [4.69, 9.17) is 4.74 Å². The van der Waals surface area contributed by atoms with Gasteiger partial charge in [-0.05, 0) is 76.2 Å². The highest BCUT2D eigenvalue weighted by Crippen LogP contribution is 2.39. The summed E-state index contributed by atoms with van der Waals surface area (Å²) in [5.74, 6) is -0.308. The number of rotatable bonds is 6. The van der Waals surface area contributed by atoms with E-state index in [2.05, 4.69) is 70.6 Å². The Labute approximate surface area is 147 Å². The first-order valence-electron chi connectivity index (χ1n) is 5.99. The molecule has 0 aliphatic rings. The average molecular weight is 522 g/mol. The van der Waals surface area contributed by atoms with Gasteiger partial charge in [0.25, 0.3) is 0 Å². The summed E-state index contributed by atoms with van der Waals surface area (Å²) in [6, 6.07) is 1.74. The number of hydrogen-bond donors (Lipinski definition) is 0. The maximum absolute atomic E-state index is 12.0. The van der Waals surface area contributed by atoms with Crippen molar-refractivity contribution in [3.63, 3.8) is 0 Å². The maximum atomic E-state index is 12.0. The highest BCUT2D eigenvalue weighted by atomic mass is 79.9. The van der Waals surface area contributed by atoms with Crippen LogP contribution < -0.4 is 0 Å². The van der Waals surface area contributed by atoms with Crippen LogP contribution in [-0.2, 0) is 4.74 Å². The first-order chi connectivity index (χ1) is 8.99. The molecule has 0 saturated carbocycles. The number of esters is 1. The Morgan fingerprint density at radius 1 is 1.05 bits per heavy atom. The van der Waals surface area contributed by atoms with E-state index in [-0.39, 0.29) is 5.97 Å². The van der Waals surface area contributed by atoms with Crippen LogP contribution in [-0.4, -0.2) is 12.6 Å². The van der Waals surface area contributed by atoms with Crippen LogP contribution in [0.3, 0.4) is 0 Å². The van der Waals surface area contributed by atoms with Crippen LogP contribution in [0.1, 0.15) is 43.0 Å². The quantitative estimate of drug-likeness (QED) is 0.185. The summed E-state index contributed by atoms with van der Waals surface area (Å²) in [7, 11) is 0. The van der Waals surface area contributed by atoms with Crippen LogP contribution in [0.5, 0.6) is 0 Å². The van der Waals surface area contributed by atoms with E-state index < -0.39 is 0 Å². The Balaban J connectivity index is 2.67. The molecule has 0 saturated heterocycles. The minimum atomic E-state index is -0.308. The molecule has 2 nitrogen and oxygen atoms in total. The predicted octanol–water partition coefficient (Wildman–Crippen LogP) is 6.47. The smallest absolute Gasteiger partial charge is 0.339 e. The van der Waals surface area contributed by atoms with E-state index >= 15 is 0 Å². The zero-order valence-corrected chi connectivity index (χ0v) is 16.8. The van der Waals surface area contributed by atoms with E-state index in [0.717, 1.165) is 26.3 Å². The normalized spacial score (nSPS) is 10.6. The molecule has 106 valence electrons. The molecule has 0 bridgehead atoms. The van der Waals surface area contributed by atoms with Gasteiger partial charge in [0.05, 0.1) is 12.2 Å². The van der Waals surface area contributed by atoms with Gasteiger partial charge < -0.3 is 4.74 Å². The molecule has 0 aliphatic heterocycles. The van der Waals surface area contributed by atoms with Gasteiger partial charge in [0.15, 0.2) is 0 Å². The van der Waals surface area contributed by atoms with Gasteiger partial charge in [-0.1, -0.05) is 26.2 Å². The van der Waals surface area contributed by atoms with Crippen molar-refractivity contribution >= 4 is 69.7 Å². The SMILES string of the molecule is CCCCCCOC(=O)c1cc(Br)c(Br)c(Br)c1Br. The Bertz CT molecular complexity index is 460. The lowest BCUT2D eigenvalue weighted by Gasteiger charge is -2.10. The van der Waals surface area contributed by atoms with Crippen LogP contribution in [0.2, 0.25) is 0 Å². The first-order valence-corrected chi connectivity index (χ1v) is 9.16. The Hall–Kier alpha value is 0.610. The van der Waals surface area contributed by atoms with Crippen molar-refractivity contribution in [2.45, 2.75) is 32.6 Å². The number of ether oxygens (including phenoxy) is 1. The number of hydrogen-bond acceptors (Lipinski definition) is 2. The third-order valence-electron chi connectivity index (χ3n) is 2.55. The van der Waals surface area contributed by atoms with Crippen molar-refractivity contribution in [1.29, 1.82) is 0 Å². The van der Waals surface area contributed by atoms with Crippen molar-refractivity contribution in [1.82, 2.24) is 0 Å². The molecule has 19 heavy (non-hydrogen) atoms. The fourth-order valence-corrected chi connectivity index (χ4v) is 3.67. The molecule has 0 unspecified atom stereocenters. The van der Waals surface area contributed by atoms with E-state index in [1.54, 1.807) is 6.07 Å². The molecule has 0 heterocycles. The van der Waals surface area contributed by atoms with Gasteiger partial charge in [-0.3, -0.25) is 0 Å². The third kappa shape index (κ3) is 5.14. The van der Waals surface area contributed by atoms with Gasteiger partial charge in [0.1, 0.15) is 0 Å². The summed E-state index contributed by atoms with van der Waals surface area (Å²) in [6.07, 6.45) is 4.36. The second kappa shape index (κ2) is 8.80. The number of carbonyl (C=O) groups is 1. The highest BCUT2D eigenvalue weighted by molar-refractivity contribution is 9.15. The molecule has 0 aromatic heterocycles. The fraction of sp³-hybridized carbons (Fsp3) is 0.462. The molecule has 0 amide bonds. The van der Waals surface area contributed by atoms with Crippen molar-refractivity contribution in [2.75, 3.05) is 6.61 Å².